The van der Waals surface area contributed by atoms with Crippen molar-refractivity contribution < 1.29 is 9.53 Å². The van der Waals surface area contributed by atoms with Crippen LogP contribution in [-0.4, -0.2) is 68.7 Å². The molecule has 9 nitrogen and oxygen atoms in total. The highest BCUT2D eigenvalue weighted by Crippen LogP contribution is 2.33. The third-order valence-electron chi connectivity index (χ3n) is 6.44. The standard InChI is InChI=1S/C28H31N7O2/c1-33(2)16-7-11-24(36)34-17-6-8-21(34)18-35-28-25(27(29)30-19-31-28)26(32-35)20-12-14-23(15-13-20)37-22-9-4-3-5-10-22/h3-5,7,9-15,19,21H,6,8,16-18H2,1-2H3,(H2,29,30,31). The molecule has 2 N–H and O–H groups in total. The highest BCUT2D eigenvalue weighted by Gasteiger charge is 2.29. The summed E-state index contributed by atoms with van der Waals surface area (Å²) in [5, 5.41) is 5.62. The molecule has 3 heterocycles. The highest BCUT2D eigenvalue weighted by molar-refractivity contribution is 5.98. The number of rotatable bonds is 8. The predicted octanol–water partition coefficient (Wildman–Crippen LogP) is 3.98. The van der Waals surface area contributed by atoms with Crippen LogP contribution in [0.4, 0.5) is 5.82 Å². The summed E-state index contributed by atoms with van der Waals surface area (Å²) < 4.78 is 7.79. The molecular formula is C28H31N7O2. The molecule has 1 atom stereocenters. The Balaban J connectivity index is 1.40. The molecule has 0 saturated carbocycles. The molecule has 0 bridgehead atoms. The molecule has 2 aromatic carbocycles. The Labute approximate surface area is 216 Å². The molecular weight excluding hydrogens is 466 g/mol. The van der Waals surface area contributed by atoms with Gasteiger partial charge in [0.25, 0.3) is 0 Å². The number of anilines is 1. The lowest BCUT2D eigenvalue weighted by atomic mass is 10.1. The average molecular weight is 498 g/mol. The van der Waals surface area contributed by atoms with Crippen LogP contribution in [-0.2, 0) is 11.3 Å². The monoisotopic (exact) mass is 497 g/mol. The SMILES string of the molecule is CN(C)CC=CC(=O)N1CCCC1Cn1nc(-c2ccc(Oc3ccccc3)cc2)c2c(N)ncnc21. The van der Waals surface area contributed by atoms with Crippen molar-refractivity contribution in [2.45, 2.75) is 25.4 Å². The molecule has 0 spiro atoms. The van der Waals surface area contributed by atoms with Gasteiger partial charge >= 0.3 is 0 Å². The van der Waals surface area contributed by atoms with Crippen LogP contribution >= 0.6 is 0 Å². The molecule has 1 amide bonds. The number of nitrogens with two attached hydrogens (primary N) is 1. The first-order valence-electron chi connectivity index (χ1n) is 12.4. The van der Waals surface area contributed by atoms with Crippen molar-refractivity contribution in [3.05, 3.63) is 73.1 Å². The van der Waals surface area contributed by atoms with Gasteiger partial charge in [0.15, 0.2) is 5.65 Å². The van der Waals surface area contributed by atoms with Gasteiger partial charge in [-0.2, -0.15) is 5.10 Å². The maximum Gasteiger partial charge on any atom is 0.246 e. The number of carbonyl (C=O) groups excluding carboxylic acids is 1. The second-order valence-electron chi connectivity index (χ2n) is 9.42. The Bertz CT molecular complexity index is 1400. The Morgan fingerprint density at radius 2 is 1.86 bits per heavy atom. The minimum absolute atomic E-state index is 0.0316. The molecule has 0 aliphatic carbocycles. The number of fused-ring (bicyclic) bond motifs is 1. The van der Waals surface area contributed by atoms with Crippen LogP contribution in [0.15, 0.2) is 73.1 Å². The Morgan fingerprint density at radius 1 is 1.11 bits per heavy atom. The number of hydrogen-bond acceptors (Lipinski definition) is 7. The van der Waals surface area contributed by atoms with E-state index in [1.54, 1.807) is 6.08 Å². The number of nitrogen functional groups attached to an aromatic ring is 1. The lowest BCUT2D eigenvalue weighted by molar-refractivity contribution is -0.127. The summed E-state index contributed by atoms with van der Waals surface area (Å²) in [6.45, 7) is 2.00. The van der Waals surface area contributed by atoms with Gasteiger partial charge in [0.1, 0.15) is 29.3 Å². The number of carbonyl (C=O) groups is 1. The number of likely N-dealkylation sites (tertiary alicyclic amines) is 1. The number of benzene rings is 2. The Kier molecular flexibility index (Phi) is 7.14. The zero-order valence-electron chi connectivity index (χ0n) is 21.1. The van der Waals surface area contributed by atoms with E-state index in [1.807, 2.05) is 89.3 Å². The van der Waals surface area contributed by atoms with Crippen LogP contribution in [0.2, 0.25) is 0 Å². The maximum atomic E-state index is 12.9. The molecule has 9 heteroatoms. The van der Waals surface area contributed by atoms with Crippen LogP contribution < -0.4 is 10.5 Å². The zero-order valence-corrected chi connectivity index (χ0v) is 21.1. The summed E-state index contributed by atoms with van der Waals surface area (Å²) in [5.74, 6) is 1.91. The molecule has 1 aliphatic heterocycles. The van der Waals surface area contributed by atoms with Crippen molar-refractivity contribution in [2.24, 2.45) is 0 Å². The zero-order chi connectivity index (χ0) is 25.8. The molecule has 190 valence electrons. The minimum Gasteiger partial charge on any atom is -0.457 e. The molecule has 1 saturated heterocycles. The van der Waals surface area contributed by atoms with E-state index in [1.165, 1.54) is 6.33 Å². The third-order valence-corrected chi connectivity index (χ3v) is 6.44. The fraction of sp³-hybridized carbons (Fsp3) is 0.286. The van der Waals surface area contributed by atoms with E-state index in [2.05, 4.69) is 9.97 Å². The summed E-state index contributed by atoms with van der Waals surface area (Å²) >= 11 is 0. The van der Waals surface area contributed by atoms with Crippen molar-refractivity contribution in [1.29, 1.82) is 0 Å². The quantitative estimate of drug-likeness (QED) is 0.367. The number of aromatic nitrogens is 4. The van der Waals surface area contributed by atoms with Crippen molar-refractivity contribution in [1.82, 2.24) is 29.5 Å². The first-order valence-corrected chi connectivity index (χ1v) is 12.4. The summed E-state index contributed by atoms with van der Waals surface area (Å²) in [4.78, 5) is 25.5. The van der Waals surface area contributed by atoms with Crippen LogP contribution in [0.5, 0.6) is 11.5 Å². The Morgan fingerprint density at radius 3 is 2.62 bits per heavy atom. The fourth-order valence-corrected chi connectivity index (χ4v) is 4.64. The van der Waals surface area contributed by atoms with Gasteiger partial charge in [-0.15, -0.1) is 0 Å². The lowest BCUT2D eigenvalue weighted by Crippen LogP contribution is -2.37. The lowest BCUT2D eigenvalue weighted by Gasteiger charge is -2.23. The van der Waals surface area contributed by atoms with E-state index in [0.29, 0.717) is 29.1 Å². The number of hydrogen-bond donors (Lipinski definition) is 1. The van der Waals surface area contributed by atoms with Crippen molar-refractivity contribution in [3.63, 3.8) is 0 Å². The molecule has 1 unspecified atom stereocenters. The van der Waals surface area contributed by atoms with Crippen LogP contribution in [0, 0.1) is 0 Å². The third kappa shape index (κ3) is 5.46. The summed E-state index contributed by atoms with van der Waals surface area (Å²) in [5.41, 5.74) is 8.55. The van der Waals surface area contributed by atoms with Gasteiger partial charge in [-0.05, 0) is 63.3 Å². The van der Waals surface area contributed by atoms with E-state index in [0.717, 1.165) is 43.0 Å². The summed E-state index contributed by atoms with van der Waals surface area (Å²) in [6, 6.07) is 17.4. The number of para-hydroxylation sites is 1. The first-order chi connectivity index (χ1) is 18.0. The largest absolute Gasteiger partial charge is 0.457 e. The van der Waals surface area contributed by atoms with Gasteiger partial charge in [-0.25, -0.2) is 14.6 Å². The maximum absolute atomic E-state index is 12.9. The number of amides is 1. The van der Waals surface area contributed by atoms with Crippen LogP contribution in [0.1, 0.15) is 12.8 Å². The predicted molar refractivity (Wildman–Crippen MR) is 144 cm³/mol. The molecule has 5 rings (SSSR count). The van der Waals surface area contributed by atoms with Gasteiger partial charge in [0, 0.05) is 24.7 Å². The average Bonchev–Trinajstić information content (AvgIpc) is 3.51. The van der Waals surface area contributed by atoms with Gasteiger partial charge in [-0.3, -0.25) is 4.79 Å². The van der Waals surface area contributed by atoms with Crippen LogP contribution in [0.3, 0.4) is 0 Å². The van der Waals surface area contributed by atoms with Crippen molar-refractivity contribution in [2.75, 3.05) is 32.9 Å². The van der Waals surface area contributed by atoms with Crippen molar-refractivity contribution in [3.8, 4) is 22.8 Å². The van der Waals surface area contributed by atoms with Gasteiger partial charge in [-0.1, -0.05) is 24.3 Å². The summed E-state index contributed by atoms with van der Waals surface area (Å²) in [7, 11) is 3.95. The van der Waals surface area contributed by atoms with Gasteiger partial charge in [0.2, 0.25) is 5.91 Å². The smallest absolute Gasteiger partial charge is 0.246 e. The highest BCUT2D eigenvalue weighted by atomic mass is 16.5. The molecule has 1 fully saturated rings. The Hall–Kier alpha value is -4.24. The second kappa shape index (κ2) is 10.8. The first kappa shape index (κ1) is 24.5. The van der Waals surface area contributed by atoms with Gasteiger partial charge < -0.3 is 20.3 Å². The molecule has 1 aliphatic rings. The minimum atomic E-state index is 0.0316. The molecule has 2 aromatic heterocycles. The second-order valence-corrected chi connectivity index (χ2v) is 9.42. The normalized spacial score (nSPS) is 15.8. The van der Waals surface area contributed by atoms with Gasteiger partial charge in [0.05, 0.1) is 18.0 Å². The van der Waals surface area contributed by atoms with E-state index in [9.17, 15) is 4.79 Å². The number of ether oxygens (including phenoxy) is 1. The van der Waals surface area contributed by atoms with E-state index < -0.39 is 0 Å². The van der Waals surface area contributed by atoms with Crippen molar-refractivity contribution >= 4 is 22.8 Å². The fourth-order valence-electron chi connectivity index (χ4n) is 4.64. The van der Waals surface area contributed by atoms with E-state index in [-0.39, 0.29) is 11.9 Å². The number of likely N-dealkylation sites (N-methyl/N-ethyl adjacent to an activating group) is 1. The number of nitrogens with zero attached hydrogens (tertiary/aromatic N) is 6. The molecule has 37 heavy (non-hydrogen) atoms. The topological polar surface area (TPSA) is 102 Å². The van der Waals surface area contributed by atoms with E-state index >= 15 is 0 Å². The van der Waals surface area contributed by atoms with E-state index in [4.69, 9.17) is 15.6 Å². The van der Waals surface area contributed by atoms with Crippen LogP contribution in [0.25, 0.3) is 22.3 Å². The molecule has 4 aromatic rings. The summed E-state index contributed by atoms with van der Waals surface area (Å²) in [6.07, 6.45) is 6.90. The molecule has 0 radical (unpaired) electrons.